The Hall–Kier alpha value is -1.42. The van der Waals surface area contributed by atoms with Crippen molar-refractivity contribution in [2.75, 3.05) is 31.6 Å². The molecule has 2 heterocycles. The minimum absolute atomic E-state index is 0.169. The standard InChI is InChI=1S/C22H23IN2O3S/c23-16-6-9-21-20(14-16)18-2-1-3-19(18)22(24-21)15-4-7-17(8-5-15)29(26,27)25-10-12-28-13-11-25/h1-2,4-9,14,18-19,22,24H,3,10-13H2/t18-,19-,22+/m0/s1. The van der Waals surface area contributed by atoms with Crippen molar-refractivity contribution in [3.05, 3.63) is 69.3 Å². The number of sulfonamides is 1. The molecule has 5 rings (SSSR count). The summed E-state index contributed by atoms with van der Waals surface area (Å²) in [7, 11) is -3.46. The number of fused-ring (bicyclic) bond motifs is 3. The van der Waals surface area contributed by atoms with Crippen LogP contribution < -0.4 is 5.32 Å². The number of benzene rings is 2. The van der Waals surface area contributed by atoms with E-state index in [1.807, 2.05) is 12.1 Å². The van der Waals surface area contributed by atoms with E-state index in [2.05, 4.69) is 58.3 Å². The highest BCUT2D eigenvalue weighted by Crippen LogP contribution is 2.50. The largest absolute Gasteiger partial charge is 0.379 e. The molecule has 0 radical (unpaired) electrons. The average molecular weight is 522 g/mol. The van der Waals surface area contributed by atoms with E-state index in [-0.39, 0.29) is 6.04 Å². The van der Waals surface area contributed by atoms with Crippen LogP contribution in [0, 0.1) is 9.49 Å². The normalized spacial score (nSPS) is 26.6. The molecule has 0 aromatic heterocycles. The van der Waals surface area contributed by atoms with E-state index < -0.39 is 10.0 Å². The van der Waals surface area contributed by atoms with Gasteiger partial charge in [0, 0.05) is 28.3 Å². The van der Waals surface area contributed by atoms with Gasteiger partial charge in [-0.05, 0) is 76.4 Å². The second-order valence-corrected chi connectivity index (χ2v) is 11.0. The third kappa shape index (κ3) is 3.52. The summed E-state index contributed by atoms with van der Waals surface area (Å²) in [6, 6.07) is 14.2. The Morgan fingerprint density at radius 3 is 2.59 bits per heavy atom. The molecule has 0 unspecified atom stereocenters. The summed E-state index contributed by atoms with van der Waals surface area (Å²) >= 11 is 2.37. The summed E-state index contributed by atoms with van der Waals surface area (Å²) < 4.78 is 33.8. The number of halogens is 1. The summed E-state index contributed by atoms with van der Waals surface area (Å²) in [6.07, 6.45) is 5.63. The van der Waals surface area contributed by atoms with Gasteiger partial charge in [-0.1, -0.05) is 24.3 Å². The van der Waals surface area contributed by atoms with Crippen LogP contribution in [0.1, 0.15) is 29.5 Å². The Morgan fingerprint density at radius 1 is 1.07 bits per heavy atom. The van der Waals surface area contributed by atoms with Crippen LogP contribution in [0.3, 0.4) is 0 Å². The van der Waals surface area contributed by atoms with E-state index >= 15 is 0 Å². The fourth-order valence-corrected chi connectivity index (χ4v) is 6.60. The van der Waals surface area contributed by atoms with Gasteiger partial charge in [-0.2, -0.15) is 4.31 Å². The fourth-order valence-electron chi connectivity index (χ4n) is 4.68. The van der Waals surface area contributed by atoms with E-state index in [1.54, 1.807) is 12.1 Å². The quantitative estimate of drug-likeness (QED) is 0.487. The number of nitrogens with zero attached hydrogens (tertiary/aromatic N) is 1. The molecule has 3 atom stereocenters. The predicted octanol–water partition coefficient (Wildman–Crippen LogP) is 4.14. The van der Waals surface area contributed by atoms with Gasteiger partial charge in [0.1, 0.15) is 0 Å². The number of allylic oxidation sites excluding steroid dienone is 2. The summed E-state index contributed by atoms with van der Waals surface area (Å²) in [5, 5.41) is 3.71. The van der Waals surface area contributed by atoms with Crippen LogP contribution in [0.4, 0.5) is 5.69 Å². The number of hydrogen-bond acceptors (Lipinski definition) is 4. The molecule has 1 aliphatic carbocycles. The van der Waals surface area contributed by atoms with Crippen LogP contribution >= 0.6 is 22.6 Å². The van der Waals surface area contributed by atoms with E-state index in [9.17, 15) is 8.42 Å². The zero-order chi connectivity index (χ0) is 20.0. The Morgan fingerprint density at radius 2 is 1.83 bits per heavy atom. The van der Waals surface area contributed by atoms with Crippen molar-refractivity contribution in [3.8, 4) is 0 Å². The molecule has 7 heteroatoms. The number of morpholine rings is 1. The lowest BCUT2D eigenvalue weighted by molar-refractivity contribution is 0.0730. The maximum Gasteiger partial charge on any atom is 0.243 e. The Bertz CT molecular complexity index is 1050. The lowest BCUT2D eigenvalue weighted by atomic mass is 9.77. The highest BCUT2D eigenvalue weighted by molar-refractivity contribution is 14.1. The molecule has 0 bridgehead atoms. The molecule has 29 heavy (non-hydrogen) atoms. The van der Waals surface area contributed by atoms with Gasteiger partial charge in [0.2, 0.25) is 10.0 Å². The minimum Gasteiger partial charge on any atom is -0.379 e. The third-order valence-electron chi connectivity index (χ3n) is 6.17. The molecule has 2 aromatic rings. The van der Waals surface area contributed by atoms with Crippen molar-refractivity contribution in [1.29, 1.82) is 0 Å². The first-order valence-electron chi connectivity index (χ1n) is 9.94. The van der Waals surface area contributed by atoms with Gasteiger partial charge < -0.3 is 10.1 Å². The minimum atomic E-state index is -3.46. The van der Waals surface area contributed by atoms with Gasteiger partial charge in [0.05, 0.1) is 24.2 Å². The molecule has 3 aliphatic rings. The highest BCUT2D eigenvalue weighted by atomic mass is 127. The number of nitrogens with one attached hydrogen (secondary N) is 1. The van der Waals surface area contributed by atoms with E-state index in [0.29, 0.717) is 43.0 Å². The molecule has 1 saturated heterocycles. The summed E-state index contributed by atoms with van der Waals surface area (Å²) in [4.78, 5) is 0.356. The Kier molecular flexibility index (Phi) is 5.18. The zero-order valence-electron chi connectivity index (χ0n) is 15.9. The van der Waals surface area contributed by atoms with E-state index in [0.717, 1.165) is 12.0 Å². The molecule has 1 fully saturated rings. The third-order valence-corrected chi connectivity index (χ3v) is 8.76. The number of anilines is 1. The monoisotopic (exact) mass is 522 g/mol. The van der Waals surface area contributed by atoms with Crippen molar-refractivity contribution in [2.24, 2.45) is 5.92 Å². The van der Waals surface area contributed by atoms with Crippen LogP contribution in [0.2, 0.25) is 0 Å². The van der Waals surface area contributed by atoms with Crippen molar-refractivity contribution >= 4 is 38.3 Å². The summed E-state index contributed by atoms with van der Waals surface area (Å²) in [6.45, 7) is 1.74. The molecule has 0 saturated carbocycles. The number of rotatable bonds is 3. The Labute approximate surface area is 185 Å². The second-order valence-electron chi connectivity index (χ2n) is 7.79. The fraction of sp³-hybridized carbons (Fsp3) is 0.364. The van der Waals surface area contributed by atoms with Crippen LogP contribution in [0.5, 0.6) is 0 Å². The molecular weight excluding hydrogens is 499 g/mol. The first-order valence-corrected chi connectivity index (χ1v) is 12.5. The lowest BCUT2D eigenvalue weighted by Crippen LogP contribution is -2.40. The maximum atomic E-state index is 12.9. The molecule has 1 N–H and O–H groups in total. The van der Waals surface area contributed by atoms with Crippen LogP contribution in [-0.2, 0) is 14.8 Å². The van der Waals surface area contributed by atoms with Gasteiger partial charge in [0.25, 0.3) is 0 Å². The molecule has 2 aromatic carbocycles. The van der Waals surface area contributed by atoms with Gasteiger partial charge >= 0.3 is 0 Å². The van der Waals surface area contributed by atoms with Crippen molar-refractivity contribution in [1.82, 2.24) is 4.31 Å². The Balaban J connectivity index is 1.44. The highest BCUT2D eigenvalue weighted by Gasteiger charge is 2.38. The summed E-state index contributed by atoms with van der Waals surface area (Å²) in [5.74, 6) is 0.852. The average Bonchev–Trinajstić information content (AvgIpc) is 3.24. The lowest BCUT2D eigenvalue weighted by Gasteiger charge is -2.37. The first-order chi connectivity index (χ1) is 14.0. The van der Waals surface area contributed by atoms with Crippen molar-refractivity contribution in [3.63, 3.8) is 0 Å². The van der Waals surface area contributed by atoms with E-state index in [1.165, 1.54) is 19.1 Å². The zero-order valence-corrected chi connectivity index (χ0v) is 18.9. The maximum absolute atomic E-state index is 12.9. The predicted molar refractivity (Wildman–Crippen MR) is 122 cm³/mol. The van der Waals surface area contributed by atoms with Crippen molar-refractivity contribution < 1.29 is 13.2 Å². The smallest absolute Gasteiger partial charge is 0.243 e. The van der Waals surface area contributed by atoms with Gasteiger partial charge in [0.15, 0.2) is 0 Å². The van der Waals surface area contributed by atoms with Crippen LogP contribution in [-0.4, -0.2) is 39.0 Å². The van der Waals surface area contributed by atoms with Gasteiger partial charge in [-0.3, -0.25) is 0 Å². The van der Waals surface area contributed by atoms with Crippen LogP contribution in [0.25, 0.3) is 0 Å². The number of ether oxygens (including phenoxy) is 1. The molecule has 5 nitrogen and oxygen atoms in total. The molecule has 0 spiro atoms. The molecule has 152 valence electrons. The van der Waals surface area contributed by atoms with Crippen LogP contribution in [0.15, 0.2) is 59.5 Å². The molecular formula is C22H23IN2O3S. The first kappa shape index (κ1) is 19.5. The second kappa shape index (κ2) is 7.68. The summed E-state index contributed by atoms with van der Waals surface area (Å²) in [5.41, 5.74) is 3.67. The topological polar surface area (TPSA) is 58.6 Å². The van der Waals surface area contributed by atoms with Crippen molar-refractivity contribution in [2.45, 2.75) is 23.3 Å². The number of hydrogen-bond donors (Lipinski definition) is 1. The SMILES string of the molecule is O=S(=O)(c1ccc([C@H]2Nc3ccc(I)cc3[C@H]3C=CC[C@@H]32)cc1)N1CCOCC1. The molecule has 2 aliphatic heterocycles. The molecule has 0 amide bonds. The van der Waals surface area contributed by atoms with Gasteiger partial charge in [-0.15, -0.1) is 0 Å². The van der Waals surface area contributed by atoms with Gasteiger partial charge in [-0.25, -0.2) is 8.42 Å². The van der Waals surface area contributed by atoms with E-state index in [4.69, 9.17) is 4.74 Å².